The second-order valence-electron chi connectivity index (χ2n) is 5.24. The summed E-state index contributed by atoms with van der Waals surface area (Å²) in [7, 11) is 0. The maximum Gasteiger partial charge on any atom is 0.258 e. The fourth-order valence-electron chi connectivity index (χ4n) is 2.93. The second kappa shape index (κ2) is 4.91. The van der Waals surface area contributed by atoms with Gasteiger partial charge in [-0.1, -0.05) is 24.3 Å². The molecule has 0 bridgehead atoms. The lowest BCUT2D eigenvalue weighted by Gasteiger charge is -2.13. The molecule has 110 valence electrons. The smallest absolute Gasteiger partial charge is 0.258 e. The summed E-state index contributed by atoms with van der Waals surface area (Å²) < 4.78 is 10.7. The zero-order valence-corrected chi connectivity index (χ0v) is 12.2. The Morgan fingerprint density at radius 2 is 1.95 bits per heavy atom. The maximum atomic E-state index is 12.6. The molecule has 4 nitrogen and oxygen atoms in total. The summed E-state index contributed by atoms with van der Waals surface area (Å²) in [6.45, 7) is 2.90. The molecule has 0 spiro atoms. The normalized spacial score (nSPS) is 17.2. The Labute approximate surface area is 128 Å². The van der Waals surface area contributed by atoms with Gasteiger partial charge >= 0.3 is 0 Å². The molecule has 0 saturated heterocycles. The summed E-state index contributed by atoms with van der Waals surface area (Å²) >= 11 is 0. The van der Waals surface area contributed by atoms with Crippen molar-refractivity contribution in [3.05, 3.63) is 53.6 Å². The number of carbonyl (C=O) groups is 1. The summed E-state index contributed by atoms with van der Waals surface area (Å²) in [5.74, 6) is 1.51. The van der Waals surface area contributed by atoms with Gasteiger partial charge in [0.05, 0.1) is 5.69 Å². The summed E-state index contributed by atoms with van der Waals surface area (Å²) in [5.41, 5.74) is 3.60. The van der Waals surface area contributed by atoms with Gasteiger partial charge in [-0.3, -0.25) is 4.79 Å². The highest BCUT2D eigenvalue weighted by molar-refractivity contribution is 6.35. The first-order chi connectivity index (χ1) is 10.8. The molecular weight excluding hydrogens is 278 g/mol. The number of benzene rings is 2. The second-order valence-corrected chi connectivity index (χ2v) is 5.24. The average molecular weight is 293 g/mol. The Balaban J connectivity index is 1.80. The van der Waals surface area contributed by atoms with Crippen molar-refractivity contribution in [1.29, 1.82) is 0 Å². The van der Waals surface area contributed by atoms with E-state index in [2.05, 4.69) is 0 Å². The van der Waals surface area contributed by atoms with Crippen LogP contribution in [0.4, 0.5) is 5.69 Å². The number of amides is 1. The lowest BCUT2D eigenvalue weighted by Crippen LogP contribution is -2.25. The average Bonchev–Trinajstić information content (AvgIpc) is 3.10. The molecule has 4 rings (SSSR count). The van der Waals surface area contributed by atoms with E-state index in [0.717, 1.165) is 33.9 Å². The van der Waals surface area contributed by atoms with Gasteiger partial charge in [-0.15, -0.1) is 0 Å². The Morgan fingerprint density at radius 3 is 2.82 bits per heavy atom. The molecule has 0 saturated carbocycles. The minimum absolute atomic E-state index is 0.0429. The van der Waals surface area contributed by atoms with Crippen LogP contribution in [-0.2, 0) is 4.79 Å². The van der Waals surface area contributed by atoms with Crippen molar-refractivity contribution in [3.63, 3.8) is 0 Å². The SMILES string of the molecule is CCN1C(=O)/C(=C\c2ccc3c(c2)OCO3)c2ccccc21. The molecular formula is C18H15NO3. The van der Waals surface area contributed by atoms with E-state index in [1.807, 2.05) is 55.5 Å². The van der Waals surface area contributed by atoms with Crippen molar-refractivity contribution in [2.45, 2.75) is 6.92 Å². The van der Waals surface area contributed by atoms with Crippen LogP contribution < -0.4 is 14.4 Å². The van der Waals surface area contributed by atoms with Gasteiger partial charge in [-0.25, -0.2) is 0 Å². The first-order valence-corrected chi connectivity index (χ1v) is 7.30. The van der Waals surface area contributed by atoms with E-state index >= 15 is 0 Å². The third kappa shape index (κ3) is 1.88. The van der Waals surface area contributed by atoms with Gasteiger partial charge in [-0.05, 0) is 36.8 Å². The number of para-hydroxylation sites is 1. The summed E-state index contributed by atoms with van der Waals surface area (Å²) in [6.07, 6.45) is 1.92. The number of rotatable bonds is 2. The summed E-state index contributed by atoms with van der Waals surface area (Å²) in [6, 6.07) is 13.6. The Bertz CT molecular complexity index is 795. The number of fused-ring (bicyclic) bond motifs is 2. The molecule has 2 aromatic rings. The largest absolute Gasteiger partial charge is 0.454 e. The molecule has 0 N–H and O–H groups in total. The van der Waals surface area contributed by atoms with Crippen LogP contribution in [0.25, 0.3) is 11.6 Å². The van der Waals surface area contributed by atoms with Crippen molar-refractivity contribution < 1.29 is 14.3 Å². The maximum absolute atomic E-state index is 12.6. The van der Waals surface area contributed by atoms with Crippen LogP contribution in [0.1, 0.15) is 18.1 Å². The number of carbonyl (C=O) groups excluding carboxylic acids is 1. The number of hydrogen-bond donors (Lipinski definition) is 0. The van der Waals surface area contributed by atoms with Gasteiger partial charge in [-0.2, -0.15) is 0 Å². The topological polar surface area (TPSA) is 38.8 Å². The van der Waals surface area contributed by atoms with Crippen molar-refractivity contribution in [3.8, 4) is 11.5 Å². The molecule has 0 aromatic heterocycles. The van der Waals surface area contributed by atoms with E-state index in [9.17, 15) is 4.79 Å². The highest BCUT2D eigenvalue weighted by atomic mass is 16.7. The first-order valence-electron chi connectivity index (χ1n) is 7.30. The molecule has 0 unspecified atom stereocenters. The Hall–Kier alpha value is -2.75. The zero-order valence-electron chi connectivity index (χ0n) is 12.2. The predicted octanol–water partition coefficient (Wildman–Crippen LogP) is 3.32. The molecule has 0 atom stereocenters. The van der Waals surface area contributed by atoms with E-state index < -0.39 is 0 Å². The lowest BCUT2D eigenvalue weighted by molar-refractivity contribution is -0.112. The number of hydrogen-bond acceptors (Lipinski definition) is 3. The van der Waals surface area contributed by atoms with E-state index in [1.165, 1.54) is 0 Å². The van der Waals surface area contributed by atoms with Crippen LogP contribution in [0, 0.1) is 0 Å². The van der Waals surface area contributed by atoms with Crippen LogP contribution >= 0.6 is 0 Å². The molecule has 0 radical (unpaired) electrons. The summed E-state index contributed by atoms with van der Waals surface area (Å²) in [4.78, 5) is 14.4. The zero-order chi connectivity index (χ0) is 15.1. The summed E-state index contributed by atoms with van der Waals surface area (Å²) in [5, 5.41) is 0. The Morgan fingerprint density at radius 1 is 1.14 bits per heavy atom. The Kier molecular flexibility index (Phi) is 2.89. The molecule has 22 heavy (non-hydrogen) atoms. The third-order valence-electron chi connectivity index (χ3n) is 3.98. The molecule has 0 fully saturated rings. The molecule has 2 heterocycles. The number of ether oxygens (including phenoxy) is 2. The lowest BCUT2D eigenvalue weighted by atomic mass is 10.0. The molecule has 1 amide bonds. The minimum Gasteiger partial charge on any atom is -0.454 e. The monoisotopic (exact) mass is 293 g/mol. The van der Waals surface area contributed by atoms with Crippen LogP contribution in [0.3, 0.4) is 0 Å². The van der Waals surface area contributed by atoms with Gasteiger partial charge in [0.25, 0.3) is 5.91 Å². The van der Waals surface area contributed by atoms with Crippen LogP contribution in [0.15, 0.2) is 42.5 Å². The van der Waals surface area contributed by atoms with Gasteiger partial charge in [0, 0.05) is 17.7 Å². The van der Waals surface area contributed by atoms with Gasteiger partial charge in [0.2, 0.25) is 6.79 Å². The van der Waals surface area contributed by atoms with Gasteiger partial charge in [0.15, 0.2) is 11.5 Å². The van der Waals surface area contributed by atoms with Crippen molar-refractivity contribution in [1.82, 2.24) is 0 Å². The standard InChI is InChI=1S/C18H15NO3/c1-2-19-15-6-4-3-5-13(15)14(18(19)20)9-12-7-8-16-17(10-12)22-11-21-16/h3-10H,2,11H2,1H3/b14-9-. The molecule has 0 aliphatic carbocycles. The fraction of sp³-hybridized carbons (Fsp3) is 0.167. The molecule has 4 heteroatoms. The number of likely N-dealkylation sites (N-methyl/N-ethyl adjacent to an activating group) is 1. The first kappa shape index (κ1) is 13.0. The van der Waals surface area contributed by atoms with Crippen molar-refractivity contribution >= 4 is 23.2 Å². The van der Waals surface area contributed by atoms with E-state index in [1.54, 1.807) is 4.90 Å². The predicted molar refractivity (Wildman–Crippen MR) is 84.9 cm³/mol. The van der Waals surface area contributed by atoms with E-state index in [4.69, 9.17) is 9.47 Å². The highest BCUT2D eigenvalue weighted by Crippen LogP contribution is 2.39. The van der Waals surface area contributed by atoms with Crippen LogP contribution in [0.2, 0.25) is 0 Å². The van der Waals surface area contributed by atoms with E-state index in [-0.39, 0.29) is 12.7 Å². The van der Waals surface area contributed by atoms with Crippen LogP contribution in [0.5, 0.6) is 11.5 Å². The quantitative estimate of drug-likeness (QED) is 0.797. The molecule has 2 aliphatic rings. The van der Waals surface area contributed by atoms with Gasteiger partial charge in [0.1, 0.15) is 0 Å². The van der Waals surface area contributed by atoms with Crippen LogP contribution in [-0.4, -0.2) is 19.2 Å². The van der Waals surface area contributed by atoms with Gasteiger partial charge < -0.3 is 14.4 Å². The van der Waals surface area contributed by atoms with Crippen molar-refractivity contribution in [2.75, 3.05) is 18.2 Å². The number of anilines is 1. The van der Waals surface area contributed by atoms with Crippen molar-refractivity contribution in [2.24, 2.45) is 0 Å². The number of nitrogens with zero attached hydrogens (tertiary/aromatic N) is 1. The fourth-order valence-corrected chi connectivity index (χ4v) is 2.93. The van der Waals surface area contributed by atoms with E-state index in [0.29, 0.717) is 6.54 Å². The third-order valence-corrected chi connectivity index (χ3v) is 3.98. The molecule has 2 aliphatic heterocycles. The highest BCUT2D eigenvalue weighted by Gasteiger charge is 2.30. The molecule has 2 aromatic carbocycles. The minimum atomic E-state index is 0.0429.